The first kappa shape index (κ1) is 25.3. The van der Waals surface area contributed by atoms with Gasteiger partial charge in [-0.05, 0) is 69.8 Å². The summed E-state index contributed by atoms with van der Waals surface area (Å²) in [7, 11) is 0. The maximum absolute atomic E-state index is 11.0. The van der Waals surface area contributed by atoms with Gasteiger partial charge in [-0.15, -0.1) is 0 Å². The van der Waals surface area contributed by atoms with Gasteiger partial charge in [0.2, 0.25) is 0 Å². The van der Waals surface area contributed by atoms with Crippen molar-refractivity contribution >= 4 is 0 Å². The number of rotatable bonds is 9. The van der Waals surface area contributed by atoms with E-state index in [1.165, 1.54) is 0 Å². The van der Waals surface area contributed by atoms with Crippen molar-refractivity contribution in [3.8, 4) is 17.2 Å². The summed E-state index contributed by atoms with van der Waals surface area (Å²) >= 11 is 0. The summed E-state index contributed by atoms with van der Waals surface area (Å²) in [5, 5.41) is 61.6. The second-order valence-electron chi connectivity index (χ2n) is 9.09. The summed E-state index contributed by atoms with van der Waals surface area (Å²) in [6.45, 7) is 0. The molecule has 0 spiro atoms. The highest BCUT2D eigenvalue weighted by molar-refractivity contribution is 5.37. The molecule has 4 aromatic rings. The first-order valence-electron chi connectivity index (χ1n) is 11.8. The molecular weight excluding hydrogens is 456 g/mol. The standard InChI is InChI=1S/C30H30O6/c31-25-7-1-19(2-8-25)13-28(34)22-16-23(29(35)14-20-3-9-26(32)10-4-20)18-24(17-22)30(36)15-21-5-11-27(33)12-6-21/h1-12,16-18,28-36H,13-15H2/t28-,29-,30-/m0/s1. The SMILES string of the molecule is Oc1ccc(C[C@H](O)c2cc([C@@H](O)Cc3ccc(O)cc3)cc([C@@H](O)Cc3ccc(O)cc3)c2)cc1. The van der Waals surface area contributed by atoms with Crippen molar-refractivity contribution < 1.29 is 30.6 Å². The molecule has 0 aromatic heterocycles. The predicted octanol–water partition coefficient (Wildman–Crippen LogP) is 4.63. The average molecular weight is 487 g/mol. The molecule has 6 N–H and O–H groups in total. The van der Waals surface area contributed by atoms with Gasteiger partial charge >= 0.3 is 0 Å². The molecule has 0 fully saturated rings. The van der Waals surface area contributed by atoms with Crippen LogP contribution in [0.3, 0.4) is 0 Å². The van der Waals surface area contributed by atoms with Gasteiger partial charge in [0.15, 0.2) is 0 Å². The van der Waals surface area contributed by atoms with Crippen LogP contribution in [0.5, 0.6) is 17.2 Å². The van der Waals surface area contributed by atoms with Crippen molar-refractivity contribution in [3.63, 3.8) is 0 Å². The fourth-order valence-corrected chi connectivity index (χ4v) is 4.20. The zero-order valence-electron chi connectivity index (χ0n) is 19.7. The van der Waals surface area contributed by atoms with Crippen LogP contribution in [-0.2, 0) is 19.3 Å². The van der Waals surface area contributed by atoms with Crippen LogP contribution < -0.4 is 0 Å². The van der Waals surface area contributed by atoms with Crippen molar-refractivity contribution in [1.82, 2.24) is 0 Å². The lowest BCUT2D eigenvalue weighted by atomic mass is 9.91. The van der Waals surface area contributed by atoms with Crippen molar-refractivity contribution in [2.75, 3.05) is 0 Å². The Morgan fingerprint density at radius 2 is 0.611 bits per heavy atom. The van der Waals surface area contributed by atoms with E-state index < -0.39 is 18.3 Å². The minimum absolute atomic E-state index is 0.146. The highest BCUT2D eigenvalue weighted by atomic mass is 16.3. The average Bonchev–Trinajstić information content (AvgIpc) is 2.87. The number of benzene rings is 4. The molecule has 186 valence electrons. The lowest BCUT2D eigenvalue weighted by Crippen LogP contribution is -2.10. The Hall–Kier alpha value is -3.84. The summed E-state index contributed by atoms with van der Waals surface area (Å²) in [4.78, 5) is 0. The lowest BCUT2D eigenvalue weighted by molar-refractivity contribution is 0.165. The topological polar surface area (TPSA) is 121 Å². The predicted molar refractivity (Wildman–Crippen MR) is 137 cm³/mol. The van der Waals surface area contributed by atoms with Crippen molar-refractivity contribution in [2.45, 2.75) is 37.6 Å². The molecule has 36 heavy (non-hydrogen) atoms. The van der Waals surface area contributed by atoms with Crippen LogP contribution in [0.1, 0.15) is 51.7 Å². The third-order valence-electron chi connectivity index (χ3n) is 6.25. The normalized spacial score (nSPS) is 13.8. The highest BCUT2D eigenvalue weighted by Crippen LogP contribution is 2.30. The maximum Gasteiger partial charge on any atom is 0.115 e. The third kappa shape index (κ3) is 6.64. The summed E-state index contributed by atoms with van der Waals surface area (Å²) in [6.07, 6.45) is -1.79. The fourth-order valence-electron chi connectivity index (χ4n) is 4.20. The number of phenolic OH excluding ortho intramolecular Hbond substituents is 3. The zero-order valence-corrected chi connectivity index (χ0v) is 19.7. The van der Waals surface area contributed by atoms with Crippen LogP contribution in [0.4, 0.5) is 0 Å². The highest BCUT2D eigenvalue weighted by Gasteiger charge is 2.19. The molecule has 4 rings (SSSR count). The van der Waals surface area contributed by atoms with Gasteiger partial charge in [-0.25, -0.2) is 0 Å². The molecule has 0 amide bonds. The summed E-state index contributed by atoms with van der Waals surface area (Å²) in [6, 6.07) is 25.0. The Balaban J connectivity index is 1.62. The first-order valence-corrected chi connectivity index (χ1v) is 11.8. The minimum Gasteiger partial charge on any atom is -0.508 e. The minimum atomic E-state index is -0.894. The molecule has 0 bridgehead atoms. The van der Waals surface area contributed by atoms with Crippen molar-refractivity contribution in [3.05, 3.63) is 124 Å². The molecule has 0 radical (unpaired) electrons. The van der Waals surface area contributed by atoms with Gasteiger partial charge in [-0.3, -0.25) is 0 Å². The van der Waals surface area contributed by atoms with Gasteiger partial charge in [0.25, 0.3) is 0 Å². The Morgan fingerprint density at radius 3 is 0.833 bits per heavy atom. The van der Waals surface area contributed by atoms with E-state index in [0.717, 1.165) is 16.7 Å². The molecule has 0 aliphatic rings. The molecule has 0 aliphatic carbocycles. The van der Waals surface area contributed by atoms with E-state index >= 15 is 0 Å². The largest absolute Gasteiger partial charge is 0.508 e. The first-order chi connectivity index (χ1) is 17.3. The third-order valence-corrected chi connectivity index (χ3v) is 6.25. The van der Waals surface area contributed by atoms with Crippen LogP contribution in [-0.4, -0.2) is 30.6 Å². The number of aromatic hydroxyl groups is 3. The van der Waals surface area contributed by atoms with Crippen LogP contribution in [0.2, 0.25) is 0 Å². The molecule has 0 heterocycles. The number of hydrogen-bond donors (Lipinski definition) is 6. The van der Waals surface area contributed by atoms with Gasteiger partial charge in [0.05, 0.1) is 18.3 Å². The van der Waals surface area contributed by atoms with Crippen LogP contribution in [0, 0.1) is 0 Å². The van der Waals surface area contributed by atoms with Crippen LogP contribution >= 0.6 is 0 Å². The Kier molecular flexibility index (Phi) is 7.90. The summed E-state index contributed by atoms with van der Waals surface area (Å²) in [5.41, 5.74) is 4.19. The van der Waals surface area contributed by atoms with E-state index in [0.29, 0.717) is 36.0 Å². The van der Waals surface area contributed by atoms with E-state index in [2.05, 4.69) is 0 Å². The quantitative estimate of drug-likeness (QED) is 0.205. The van der Waals surface area contributed by atoms with Crippen LogP contribution in [0.15, 0.2) is 91.0 Å². The van der Waals surface area contributed by atoms with Gasteiger partial charge in [-0.2, -0.15) is 0 Å². The van der Waals surface area contributed by atoms with Gasteiger partial charge < -0.3 is 30.6 Å². The molecule has 0 aliphatic heterocycles. The van der Waals surface area contributed by atoms with Crippen molar-refractivity contribution in [1.29, 1.82) is 0 Å². The van der Waals surface area contributed by atoms with Crippen LogP contribution in [0.25, 0.3) is 0 Å². The molecule has 4 aromatic carbocycles. The molecule has 6 heteroatoms. The number of hydrogen-bond acceptors (Lipinski definition) is 6. The van der Waals surface area contributed by atoms with Gasteiger partial charge in [0, 0.05) is 19.3 Å². The maximum atomic E-state index is 11.0. The smallest absolute Gasteiger partial charge is 0.115 e. The molecule has 3 atom stereocenters. The molecule has 0 saturated carbocycles. The Labute approximate surface area is 210 Å². The number of aliphatic hydroxyl groups excluding tert-OH is 3. The molecular formula is C30H30O6. The summed E-state index contributed by atoms with van der Waals surface area (Å²) < 4.78 is 0. The fraction of sp³-hybridized carbons (Fsp3) is 0.200. The Morgan fingerprint density at radius 1 is 0.389 bits per heavy atom. The second-order valence-corrected chi connectivity index (χ2v) is 9.09. The van der Waals surface area contributed by atoms with E-state index in [9.17, 15) is 30.6 Å². The van der Waals surface area contributed by atoms with Gasteiger partial charge in [0.1, 0.15) is 17.2 Å². The Bertz CT molecular complexity index is 1090. The van der Waals surface area contributed by atoms with E-state index in [-0.39, 0.29) is 17.2 Å². The van der Waals surface area contributed by atoms with E-state index in [1.54, 1.807) is 91.0 Å². The lowest BCUT2D eigenvalue weighted by Gasteiger charge is -2.20. The van der Waals surface area contributed by atoms with Gasteiger partial charge in [-0.1, -0.05) is 54.6 Å². The molecule has 0 saturated heterocycles. The monoisotopic (exact) mass is 486 g/mol. The number of aliphatic hydroxyl groups is 3. The number of phenols is 3. The van der Waals surface area contributed by atoms with Crippen molar-refractivity contribution in [2.24, 2.45) is 0 Å². The molecule has 0 unspecified atom stereocenters. The van der Waals surface area contributed by atoms with E-state index in [1.807, 2.05) is 0 Å². The molecule has 6 nitrogen and oxygen atoms in total. The second kappa shape index (κ2) is 11.3. The summed E-state index contributed by atoms with van der Waals surface area (Å²) in [5.74, 6) is 0.437. The van der Waals surface area contributed by atoms with E-state index in [4.69, 9.17) is 0 Å². The zero-order chi connectivity index (χ0) is 25.7.